The molecule has 1 aromatic carbocycles. The van der Waals surface area contributed by atoms with Crippen molar-refractivity contribution in [2.45, 2.75) is 13.3 Å². The Morgan fingerprint density at radius 3 is 2.80 bits per heavy atom. The number of rotatable bonds is 6. The van der Waals surface area contributed by atoms with Gasteiger partial charge in [0.05, 0.1) is 18.2 Å². The first kappa shape index (κ1) is 14.3. The van der Waals surface area contributed by atoms with E-state index in [1.54, 1.807) is 24.4 Å². The van der Waals surface area contributed by atoms with E-state index in [0.717, 1.165) is 10.8 Å². The van der Waals surface area contributed by atoms with Crippen molar-refractivity contribution in [2.75, 3.05) is 18.9 Å². The van der Waals surface area contributed by atoms with Crippen LogP contribution in [0.1, 0.15) is 22.4 Å². The lowest BCUT2D eigenvalue weighted by atomic mass is 10.3. The number of hydrogen-bond donors (Lipinski definition) is 1. The number of nitrogens with two attached hydrogens (primary N) is 1. The van der Waals surface area contributed by atoms with Gasteiger partial charge in [0.1, 0.15) is 5.75 Å². The molecule has 1 aromatic heterocycles. The number of thiazole rings is 1. The van der Waals surface area contributed by atoms with Crippen LogP contribution in [0.5, 0.6) is 5.75 Å². The predicted octanol–water partition coefficient (Wildman–Crippen LogP) is 2.52. The number of nitrogen functional groups attached to an aromatic ring is 1. The summed E-state index contributed by atoms with van der Waals surface area (Å²) in [5.41, 5.74) is 6.66. The summed E-state index contributed by atoms with van der Waals surface area (Å²) >= 11 is 1.43. The molecule has 2 N–H and O–H groups in total. The Morgan fingerprint density at radius 1 is 1.35 bits per heavy atom. The Labute approximate surface area is 121 Å². The smallest absolute Gasteiger partial charge is 0.357 e. The fraction of sp³-hybridized carbons (Fsp3) is 0.286. The SMILES string of the molecule is CCOC(=O)c1csc(CCOc2ccc(N)cc2)n1. The average molecular weight is 292 g/mol. The average Bonchev–Trinajstić information content (AvgIpc) is 2.90. The van der Waals surface area contributed by atoms with Crippen LogP contribution in [0.3, 0.4) is 0 Å². The molecule has 0 unspecified atom stereocenters. The number of esters is 1. The van der Waals surface area contributed by atoms with E-state index in [9.17, 15) is 4.79 Å². The monoisotopic (exact) mass is 292 g/mol. The van der Waals surface area contributed by atoms with Crippen molar-refractivity contribution in [3.05, 3.63) is 40.3 Å². The molecule has 6 heteroatoms. The quantitative estimate of drug-likeness (QED) is 0.654. The molecule has 0 radical (unpaired) electrons. The van der Waals surface area contributed by atoms with E-state index in [1.807, 2.05) is 12.1 Å². The second kappa shape index (κ2) is 6.91. The van der Waals surface area contributed by atoms with E-state index < -0.39 is 0 Å². The van der Waals surface area contributed by atoms with E-state index in [0.29, 0.717) is 31.0 Å². The molecule has 0 aliphatic carbocycles. The second-order valence-electron chi connectivity index (χ2n) is 4.01. The summed E-state index contributed by atoms with van der Waals surface area (Å²) in [5, 5.41) is 2.56. The fourth-order valence-corrected chi connectivity index (χ4v) is 2.29. The molecule has 0 saturated heterocycles. The largest absolute Gasteiger partial charge is 0.493 e. The predicted molar refractivity (Wildman–Crippen MR) is 78.1 cm³/mol. The lowest BCUT2D eigenvalue weighted by Gasteiger charge is -2.04. The zero-order chi connectivity index (χ0) is 14.4. The number of carbonyl (C=O) groups excluding carboxylic acids is 1. The van der Waals surface area contributed by atoms with E-state index in [2.05, 4.69) is 4.98 Å². The molecule has 0 bridgehead atoms. The summed E-state index contributed by atoms with van der Waals surface area (Å²) in [6.07, 6.45) is 0.647. The van der Waals surface area contributed by atoms with Crippen LogP contribution in [0.25, 0.3) is 0 Å². The van der Waals surface area contributed by atoms with Gasteiger partial charge in [0, 0.05) is 17.5 Å². The van der Waals surface area contributed by atoms with Crippen molar-refractivity contribution >= 4 is 23.0 Å². The number of anilines is 1. The van der Waals surface area contributed by atoms with Crippen molar-refractivity contribution in [1.29, 1.82) is 0 Å². The van der Waals surface area contributed by atoms with Gasteiger partial charge in [-0.3, -0.25) is 0 Å². The summed E-state index contributed by atoms with van der Waals surface area (Å²) in [7, 11) is 0. The van der Waals surface area contributed by atoms with E-state index >= 15 is 0 Å². The number of aromatic nitrogens is 1. The van der Waals surface area contributed by atoms with Crippen LogP contribution in [0, 0.1) is 0 Å². The molecular weight excluding hydrogens is 276 g/mol. The first-order chi connectivity index (χ1) is 9.69. The number of carbonyl (C=O) groups is 1. The highest BCUT2D eigenvalue weighted by Gasteiger charge is 2.11. The van der Waals surface area contributed by atoms with Gasteiger partial charge in [0.25, 0.3) is 0 Å². The fourth-order valence-electron chi connectivity index (χ4n) is 1.54. The molecule has 0 aliphatic heterocycles. The maximum atomic E-state index is 11.5. The number of nitrogens with zero attached hydrogens (tertiary/aromatic N) is 1. The van der Waals surface area contributed by atoms with Gasteiger partial charge in [-0.2, -0.15) is 0 Å². The second-order valence-corrected chi connectivity index (χ2v) is 4.96. The van der Waals surface area contributed by atoms with Gasteiger partial charge in [-0.05, 0) is 31.2 Å². The molecule has 0 saturated carbocycles. The van der Waals surface area contributed by atoms with Crippen molar-refractivity contribution in [1.82, 2.24) is 4.98 Å². The summed E-state index contributed by atoms with van der Waals surface area (Å²) in [6.45, 7) is 2.62. The third-order valence-corrected chi connectivity index (χ3v) is 3.41. The summed E-state index contributed by atoms with van der Waals surface area (Å²) < 4.78 is 10.5. The van der Waals surface area contributed by atoms with Crippen molar-refractivity contribution in [3.63, 3.8) is 0 Å². The lowest BCUT2D eigenvalue weighted by Crippen LogP contribution is -2.06. The molecule has 106 valence electrons. The van der Waals surface area contributed by atoms with Crippen molar-refractivity contribution in [3.8, 4) is 5.75 Å². The van der Waals surface area contributed by atoms with Gasteiger partial charge >= 0.3 is 5.97 Å². The number of benzene rings is 1. The van der Waals surface area contributed by atoms with Gasteiger partial charge in [-0.25, -0.2) is 9.78 Å². The lowest BCUT2D eigenvalue weighted by molar-refractivity contribution is 0.0520. The molecular formula is C14H16N2O3S. The maximum absolute atomic E-state index is 11.5. The van der Waals surface area contributed by atoms with E-state index in [-0.39, 0.29) is 5.97 Å². The van der Waals surface area contributed by atoms with Crippen molar-refractivity contribution < 1.29 is 14.3 Å². The minimum Gasteiger partial charge on any atom is -0.493 e. The molecule has 0 spiro atoms. The third-order valence-electron chi connectivity index (χ3n) is 2.50. The zero-order valence-corrected chi connectivity index (χ0v) is 12.0. The van der Waals surface area contributed by atoms with Gasteiger partial charge in [-0.15, -0.1) is 11.3 Å². The highest BCUT2D eigenvalue weighted by atomic mass is 32.1. The summed E-state index contributed by atoms with van der Waals surface area (Å²) in [4.78, 5) is 15.7. The third kappa shape index (κ3) is 3.96. The summed E-state index contributed by atoms with van der Waals surface area (Å²) in [5.74, 6) is 0.385. The molecule has 0 fully saturated rings. The van der Waals surface area contributed by atoms with Gasteiger partial charge in [-0.1, -0.05) is 0 Å². The first-order valence-corrected chi connectivity index (χ1v) is 7.17. The highest BCUT2D eigenvalue weighted by molar-refractivity contribution is 7.09. The Morgan fingerprint density at radius 2 is 2.10 bits per heavy atom. The minimum atomic E-state index is -0.380. The Bertz CT molecular complexity index is 566. The van der Waals surface area contributed by atoms with Crippen LogP contribution in [0.15, 0.2) is 29.6 Å². The van der Waals surface area contributed by atoms with Gasteiger partial charge in [0.2, 0.25) is 0 Å². The molecule has 2 aromatic rings. The molecule has 0 amide bonds. The molecule has 5 nitrogen and oxygen atoms in total. The molecule has 0 aliphatic rings. The Kier molecular flexibility index (Phi) is 4.95. The van der Waals surface area contributed by atoms with E-state index in [1.165, 1.54) is 11.3 Å². The minimum absolute atomic E-state index is 0.353. The topological polar surface area (TPSA) is 74.4 Å². The Hall–Kier alpha value is -2.08. The maximum Gasteiger partial charge on any atom is 0.357 e. The van der Waals surface area contributed by atoms with Gasteiger partial charge in [0.15, 0.2) is 5.69 Å². The number of ether oxygens (including phenoxy) is 2. The van der Waals surface area contributed by atoms with Crippen LogP contribution >= 0.6 is 11.3 Å². The summed E-state index contributed by atoms with van der Waals surface area (Å²) in [6, 6.07) is 7.22. The standard InChI is InChI=1S/C14H16N2O3S/c1-2-18-14(17)12-9-20-13(16-12)7-8-19-11-5-3-10(15)4-6-11/h3-6,9H,2,7-8,15H2,1H3. The van der Waals surface area contributed by atoms with Crippen LogP contribution in [0.2, 0.25) is 0 Å². The zero-order valence-electron chi connectivity index (χ0n) is 11.2. The van der Waals surface area contributed by atoms with Crippen LogP contribution in [0.4, 0.5) is 5.69 Å². The van der Waals surface area contributed by atoms with Crippen LogP contribution in [-0.2, 0) is 11.2 Å². The molecule has 1 heterocycles. The van der Waals surface area contributed by atoms with Crippen LogP contribution in [-0.4, -0.2) is 24.2 Å². The van der Waals surface area contributed by atoms with Gasteiger partial charge < -0.3 is 15.2 Å². The number of hydrogen-bond acceptors (Lipinski definition) is 6. The van der Waals surface area contributed by atoms with Crippen LogP contribution < -0.4 is 10.5 Å². The highest BCUT2D eigenvalue weighted by Crippen LogP contribution is 2.15. The van der Waals surface area contributed by atoms with E-state index in [4.69, 9.17) is 15.2 Å². The normalized spacial score (nSPS) is 10.2. The molecule has 2 rings (SSSR count). The molecule has 20 heavy (non-hydrogen) atoms. The van der Waals surface area contributed by atoms with Crippen molar-refractivity contribution in [2.24, 2.45) is 0 Å². The first-order valence-electron chi connectivity index (χ1n) is 6.29. The Balaban J connectivity index is 1.82. The molecule has 0 atom stereocenters.